The first-order chi connectivity index (χ1) is 8.18. The fraction of sp³-hybridized carbons (Fsp3) is 0.571. The van der Waals surface area contributed by atoms with Crippen molar-refractivity contribution < 1.29 is 9.13 Å². The summed E-state index contributed by atoms with van der Waals surface area (Å²) in [7, 11) is 1.71. The van der Waals surface area contributed by atoms with Crippen LogP contribution in [-0.2, 0) is 4.74 Å². The summed E-state index contributed by atoms with van der Waals surface area (Å²) in [5.74, 6) is -0.236. The fourth-order valence-electron chi connectivity index (χ4n) is 2.80. The van der Waals surface area contributed by atoms with Crippen molar-refractivity contribution in [3.63, 3.8) is 0 Å². The van der Waals surface area contributed by atoms with E-state index in [1.165, 1.54) is 18.6 Å². The Bertz CT molecular complexity index is 374. The van der Waals surface area contributed by atoms with E-state index in [1.807, 2.05) is 6.07 Å². The molecule has 2 N–H and O–H groups in total. The van der Waals surface area contributed by atoms with Crippen LogP contribution < -0.4 is 5.73 Å². The van der Waals surface area contributed by atoms with Crippen LogP contribution in [0.25, 0.3) is 0 Å². The molecule has 0 saturated heterocycles. The molecule has 94 valence electrons. The molecule has 0 spiro atoms. The smallest absolute Gasteiger partial charge is 0.123 e. The Morgan fingerprint density at radius 1 is 1.29 bits per heavy atom. The molecule has 1 saturated carbocycles. The minimum Gasteiger partial charge on any atom is -0.376 e. The number of nitrogens with two attached hydrogens (primary N) is 1. The van der Waals surface area contributed by atoms with Crippen molar-refractivity contribution in [2.45, 2.75) is 43.7 Å². The van der Waals surface area contributed by atoms with Gasteiger partial charge in [-0.05, 0) is 30.5 Å². The highest BCUT2D eigenvalue weighted by Gasteiger charge is 2.38. The molecule has 1 aliphatic carbocycles. The molecule has 0 aliphatic heterocycles. The molecule has 1 fully saturated rings. The van der Waals surface area contributed by atoms with Crippen LogP contribution in [0.1, 0.15) is 43.7 Å². The summed E-state index contributed by atoms with van der Waals surface area (Å²) < 4.78 is 18.9. The lowest BCUT2D eigenvalue weighted by Gasteiger charge is -2.41. The molecule has 1 unspecified atom stereocenters. The Morgan fingerprint density at radius 2 is 2.00 bits per heavy atom. The van der Waals surface area contributed by atoms with Crippen LogP contribution in [0.5, 0.6) is 0 Å². The van der Waals surface area contributed by atoms with Crippen molar-refractivity contribution in [1.82, 2.24) is 0 Å². The van der Waals surface area contributed by atoms with Crippen molar-refractivity contribution in [2.75, 3.05) is 7.11 Å². The highest BCUT2D eigenvalue weighted by atomic mass is 19.1. The summed E-state index contributed by atoms with van der Waals surface area (Å²) in [6, 6.07) is 6.29. The number of hydrogen-bond donors (Lipinski definition) is 1. The number of benzene rings is 1. The van der Waals surface area contributed by atoms with Gasteiger partial charge in [0.15, 0.2) is 0 Å². The second kappa shape index (κ2) is 5.15. The van der Waals surface area contributed by atoms with E-state index in [9.17, 15) is 4.39 Å². The fourth-order valence-corrected chi connectivity index (χ4v) is 2.80. The lowest BCUT2D eigenvalue weighted by molar-refractivity contribution is -0.0595. The van der Waals surface area contributed by atoms with Crippen LogP contribution in [0.3, 0.4) is 0 Å². The average molecular weight is 237 g/mol. The van der Waals surface area contributed by atoms with E-state index >= 15 is 0 Å². The third-order valence-electron chi connectivity index (χ3n) is 3.88. The summed E-state index contributed by atoms with van der Waals surface area (Å²) in [5, 5.41) is 0. The summed E-state index contributed by atoms with van der Waals surface area (Å²) >= 11 is 0. The molecular formula is C14H20FNO. The maximum atomic E-state index is 13.2. The molecule has 1 atom stereocenters. The number of rotatable bonds is 3. The normalized spacial score (nSPS) is 21.1. The summed E-state index contributed by atoms with van der Waals surface area (Å²) in [6.45, 7) is 0. The molecule has 0 heterocycles. The van der Waals surface area contributed by atoms with Crippen LogP contribution >= 0.6 is 0 Å². The van der Waals surface area contributed by atoms with Gasteiger partial charge in [0.05, 0.1) is 11.6 Å². The maximum absolute atomic E-state index is 13.2. The predicted molar refractivity (Wildman–Crippen MR) is 66.2 cm³/mol. The maximum Gasteiger partial charge on any atom is 0.123 e. The zero-order chi connectivity index (χ0) is 12.3. The largest absolute Gasteiger partial charge is 0.376 e. The monoisotopic (exact) mass is 237 g/mol. The van der Waals surface area contributed by atoms with E-state index in [0.717, 1.165) is 31.2 Å². The van der Waals surface area contributed by atoms with Gasteiger partial charge in [-0.2, -0.15) is 0 Å². The number of methoxy groups -OCH3 is 1. The van der Waals surface area contributed by atoms with E-state index in [4.69, 9.17) is 10.5 Å². The topological polar surface area (TPSA) is 35.2 Å². The average Bonchev–Trinajstić information content (AvgIpc) is 2.38. The van der Waals surface area contributed by atoms with Gasteiger partial charge in [-0.15, -0.1) is 0 Å². The van der Waals surface area contributed by atoms with Gasteiger partial charge >= 0.3 is 0 Å². The highest BCUT2D eigenvalue weighted by Crippen LogP contribution is 2.39. The van der Waals surface area contributed by atoms with Crippen molar-refractivity contribution >= 4 is 0 Å². The van der Waals surface area contributed by atoms with E-state index in [0.29, 0.717) is 0 Å². The van der Waals surface area contributed by atoms with Crippen molar-refractivity contribution in [2.24, 2.45) is 5.73 Å². The Kier molecular flexibility index (Phi) is 3.79. The lowest BCUT2D eigenvalue weighted by Crippen LogP contribution is -2.44. The molecule has 0 radical (unpaired) electrons. The van der Waals surface area contributed by atoms with Gasteiger partial charge in [0.25, 0.3) is 0 Å². The first-order valence-electron chi connectivity index (χ1n) is 6.24. The molecular weight excluding hydrogens is 217 g/mol. The van der Waals surface area contributed by atoms with Crippen LogP contribution in [0.15, 0.2) is 24.3 Å². The van der Waals surface area contributed by atoms with Crippen molar-refractivity contribution in [1.29, 1.82) is 0 Å². The Labute approximate surface area is 102 Å². The highest BCUT2D eigenvalue weighted by molar-refractivity contribution is 5.23. The summed E-state index contributed by atoms with van der Waals surface area (Å²) in [5.41, 5.74) is 6.81. The first-order valence-corrected chi connectivity index (χ1v) is 6.24. The second-order valence-electron chi connectivity index (χ2n) is 4.86. The van der Waals surface area contributed by atoms with Gasteiger partial charge in [-0.3, -0.25) is 0 Å². The standard InChI is InChI=1S/C14H20FNO/c1-17-14(8-3-2-4-9-14)13(16)11-6-5-7-12(15)10-11/h5-7,10,13H,2-4,8-9,16H2,1H3. The lowest BCUT2D eigenvalue weighted by atomic mass is 9.77. The third-order valence-corrected chi connectivity index (χ3v) is 3.88. The molecule has 0 bridgehead atoms. The molecule has 3 heteroatoms. The summed E-state index contributed by atoms with van der Waals surface area (Å²) in [6.07, 6.45) is 5.43. The molecule has 0 amide bonds. The minimum atomic E-state index is -0.313. The van der Waals surface area contributed by atoms with E-state index in [1.54, 1.807) is 13.2 Å². The minimum absolute atomic E-state index is 0.236. The molecule has 1 aromatic carbocycles. The third kappa shape index (κ3) is 2.50. The van der Waals surface area contributed by atoms with Crippen LogP contribution in [0, 0.1) is 5.82 Å². The second-order valence-corrected chi connectivity index (χ2v) is 4.86. The summed E-state index contributed by atoms with van der Waals surface area (Å²) in [4.78, 5) is 0. The molecule has 17 heavy (non-hydrogen) atoms. The number of ether oxygens (including phenoxy) is 1. The van der Waals surface area contributed by atoms with E-state index < -0.39 is 0 Å². The Balaban J connectivity index is 2.24. The molecule has 2 rings (SSSR count). The molecule has 0 aromatic heterocycles. The number of hydrogen-bond acceptors (Lipinski definition) is 2. The van der Waals surface area contributed by atoms with Crippen molar-refractivity contribution in [3.05, 3.63) is 35.6 Å². The van der Waals surface area contributed by atoms with Crippen LogP contribution in [0.2, 0.25) is 0 Å². The Morgan fingerprint density at radius 3 is 2.59 bits per heavy atom. The van der Waals surface area contributed by atoms with Crippen LogP contribution in [-0.4, -0.2) is 12.7 Å². The van der Waals surface area contributed by atoms with Gasteiger partial charge in [0, 0.05) is 7.11 Å². The van der Waals surface area contributed by atoms with Crippen LogP contribution in [0.4, 0.5) is 4.39 Å². The van der Waals surface area contributed by atoms with Gasteiger partial charge in [-0.1, -0.05) is 31.4 Å². The van der Waals surface area contributed by atoms with E-state index in [2.05, 4.69) is 0 Å². The molecule has 1 aromatic rings. The van der Waals surface area contributed by atoms with Gasteiger partial charge in [0.2, 0.25) is 0 Å². The van der Waals surface area contributed by atoms with E-state index in [-0.39, 0.29) is 17.5 Å². The SMILES string of the molecule is COC1(C(N)c2cccc(F)c2)CCCCC1. The predicted octanol–water partition coefficient (Wildman–Crippen LogP) is 3.17. The Hall–Kier alpha value is -0.930. The zero-order valence-electron chi connectivity index (χ0n) is 10.3. The van der Waals surface area contributed by atoms with Crippen molar-refractivity contribution in [3.8, 4) is 0 Å². The molecule has 2 nitrogen and oxygen atoms in total. The quantitative estimate of drug-likeness (QED) is 0.876. The first kappa shape index (κ1) is 12.5. The number of halogens is 1. The van der Waals surface area contributed by atoms with Gasteiger partial charge in [0.1, 0.15) is 5.82 Å². The van der Waals surface area contributed by atoms with Gasteiger partial charge in [-0.25, -0.2) is 4.39 Å². The zero-order valence-corrected chi connectivity index (χ0v) is 10.3. The molecule has 1 aliphatic rings. The van der Waals surface area contributed by atoms with Gasteiger partial charge < -0.3 is 10.5 Å².